The molecule has 5 aliphatic rings. The maximum atomic E-state index is 2.84. The molecule has 0 bridgehead atoms. The van der Waals surface area contributed by atoms with E-state index in [1.165, 1.54) is 122 Å². The Bertz CT molecular complexity index is 814. The number of rotatable bonds is 16. The summed E-state index contributed by atoms with van der Waals surface area (Å²) in [5, 5.41) is 0. The summed E-state index contributed by atoms with van der Waals surface area (Å²) in [6.07, 6.45) is 43.6. The number of unbranched alkanes of at least 4 members (excludes halogenated alkanes) is 2. The Morgan fingerprint density at radius 1 is 0.604 bits per heavy atom. The first-order valence-electron chi connectivity index (χ1n) is 23.3. The second-order valence-corrected chi connectivity index (χ2v) is 17.7. The van der Waals surface area contributed by atoms with Crippen LogP contribution in [0.1, 0.15) is 229 Å². The summed E-state index contributed by atoms with van der Waals surface area (Å²) in [5.74, 6) is 10.9. The van der Waals surface area contributed by atoms with Crippen LogP contribution in [0.25, 0.3) is 0 Å². The summed E-state index contributed by atoms with van der Waals surface area (Å²) < 4.78 is 0. The average Bonchev–Trinajstić information content (AvgIpc) is 3.46. The zero-order valence-electron chi connectivity index (χ0n) is 34.5. The average molecular weight is 667 g/mol. The SMILES string of the molecule is CC.CC.CCCCC1C(CCC(C)C(C)C2CCCCC2CCC)C2CCCC=C2C1C1CCCC(CCCCC2CCCCC2)C1. The van der Waals surface area contributed by atoms with Gasteiger partial charge in [-0.1, -0.05) is 189 Å². The van der Waals surface area contributed by atoms with Crippen LogP contribution in [0.2, 0.25) is 0 Å². The van der Waals surface area contributed by atoms with Crippen LogP contribution in [0, 0.1) is 65.1 Å². The van der Waals surface area contributed by atoms with Crippen LogP contribution in [0.15, 0.2) is 11.6 Å². The van der Waals surface area contributed by atoms with Gasteiger partial charge in [0.05, 0.1) is 0 Å². The van der Waals surface area contributed by atoms with Crippen molar-refractivity contribution in [2.75, 3.05) is 0 Å². The zero-order valence-corrected chi connectivity index (χ0v) is 34.5. The lowest BCUT2D eigenvalue weighted by Crippen LogP contribution is -2.30. The lowest BCUT2D eigenvalue weighted by atomic mass is 9.66. The quantitative estimate of drug-likeness (QED) is 0.114. The third-order valence-electron chi connectivity index (χ3n) is 15.0. The van der Waals surface area contributed by atoms with E-state index < -0.39 is 0 Å². The van der Waals surface area contributed by atoms with Crippen molar-refractivity contribution in [3.63, 3.8) is 0 Å². The van der Waals surface area contributed by atoms with Crippen LogP contribution in [-0.4, -0.2) is 0 Å². The summed E-state index contributed by atoms with van der Waals surface area (Å²) in [5.41, 5.74) is 2.03. The minimum atomic E-state index is 0.909. The zero-order chi connectivity index (χ0) is 34.7. The van der Waals surface area contributed by atoms with E-state index >= 15 is 0 Å². The first-order valence-corrected chi connectivity index (χ1v) is 23.3. The van der Waals surface area contributed by atoms with E-state index in [0.717, 1.165) is 65.1 Å². The van der Waals surface area contributed by atoms with Gasteiger partial charge >= 0.3 is 0 Å². The van der Waals surface area contributed by atoms with E-state index in [1.807, 2.05) is 33.3 Å². The summed E-state index contributed by atoms with van der Waals surface area (Å²) in [6.45, 7) is 18.2. The normalized spacial score (nSPS) is 33.7. The molecule has 4 fully saturated rings. The maximum absolute atomic E-state index is 2.84. The molecule has 0 nitrogen and oxygen atoms in total. The molecule has 0 amide bonds. The molecule has 48 heavy (non-hydrogen) atoms. The molecule has 0 heterocycles. The van der Waals surface area contributed by atoms with Crippen molar-refractivity contribution in [3.05, 3.63) is 11.6 Å². The minimum Gasteiger partial charge on any atom is -0.0847 e. The van der Waals surface area contributed by atoms with Crippen LogP contribution in [-0.2, 0) is 0 Å². The Labute approximate surface area is 304 Å². The Kier molecular flexibility index (Phi) is 21.1. The smallest absolute Gasteiger partial charge is 0.0141 e. The molecule has 0 heteroatoms. The number of fused-ring (bicyclic) bond motifs is 1. The van der Waals surface area contributed by atoms with Gasteiger partial charge in [0, 0.05) is 0 Å². The van der Waals surface area contributed by atoms with E-state index in [0.29, 0.717) is 0 Å². The third-order valence-corrected chi connectivity index (χ3v) is 15.0. The van der Waals surface area contributed by atoms with Gasteiger partial charge in [0.15, 0.2) is 0 Å². The summed E-state index contributed by atoms with van der Waals surface area (Å²) in [7, 11) is 0. The second kappa shape index (κ2) is 24.1. The van der Waals surface area contributed by atoms with Crippen LogP contribution >= 0.6 is 0 Å². The number of hydrogen-bond donors (Lipinski definition) is 0. The fourth-order valence-electron chi connectivity index (χ4n) is 12.5. The standard InChI is InChI=1S/C44H78.2C2H6/c1-5-7-26-42-41(31-30-33(3)34(4)39-27-14-13-24-37(39)18-6-2)40-28-15-16-29-43(40)44(42)38-25-17-23-36(32-38)22-12-11-21-35-19-9-8-10-20-35;2*1-2/h29,33-42,44H,5-28,30-32H2,1-4H3;2*1-2H3. The molecule has 0 spiro atoms. The van der Waals surface area contributed by atoms with Gasteiger partial charge in [0.25, 0.3) is 0 Å². The van der Waals surface area contributed by atoms with Crippen molar-refractivity contribution in [2.24, 2.45) is 65.1 Å². The fraction of sp³-hybridized carbons (Fsp3) is 0.958. The van der Waals surface area contributed by atoms with Gasteiger partial charge in [-0.25, -0.2) is 0 Å². The molecule has 10 atom stereocenters. The van der Waals surface area contributed by atoms with Gasteiger partial charge in [-0.15, -0.1) is 0 Å². The predicted octanol–water partition coefficient (Wildman–Crippen LogP) is 16.4. The number of allylic oxidation sites excluding steroid dienone is 2. The van der Waals surface area contributed by atoms with Gasteiger partial charge in [-0.3, -0.25) is 0 Å². The monoisotopic (exact) mass is 667 g/mol. The van der Waals surface area contributed by atoms with Gasteiger partial charge < -0.3 is 0 Å². The van der Waals surface area contributed by atoms with Crippen LogP contribution < -0.4 is 0 Å². The lowest BCUT2D eigenvalue weighted by Gasteiger charge is -2.39. The molecule has 282 valence electrons. The van der Waals surface area contributed by atoms with Crippen molar-refractivity contribution < 1.29 is 0 Å². The van der Waals surface area contributed by atoms with E-state index in [2.05, 4.69) is 33.8 Å². The molecule has 0 aromatic rings. The van der Waals surface area contributed by atoms with Gasteiger partial charge in [0.1, 0.15) is 0 Å². The van der Waals surface area contributed by atoms with Crippen LogP contribution in [0.5, 0.6) is 0 Å². The van der Waals surface area contributed by atoms with Gasteiger partial charge in [-0.05, 0) is 116 Å². The first kappa shape index (κ1) is 42.2. The van der Waals surface area contributed by atoms with E-state index in [4.69, 9.17) is 0 Å². The Balaban J connectivity index is 0.00000151. The van der Waals surface area contributed by atoms with Crippen molar-refractivity contribution in [2.45, 2.75) is 229 Å². The maximum Gasteiger partial charge on any atom is -0.0141 e. The summed E-state index contributed by atoms with van der Waals surface area (Å²) >= 11 is 0. The van der Waals surface area contributed by atoms with Crippen molar-refractivity contribution in [1.82, 2.24) is 0 Å². The molecule has 5 aliphatic carbocycles. The Morgan fingerprint density at radius 2 is 1.29 bits per heavy atom. The molecule has 0 N–H and O–H groups in total. The molecule has 0 saturated heterocycles. The lowest BCUT2D eigenvalue weighted by molar-refractivity contribution is 0.109. The largest absolute Gasteiger partial charge is 0.0847 e. The summed E-state index contributed by atoms with van der Waals surface area (Å²) in [4.78, 5) is 0. The minimum absolute atomic E-state index is 0.909. The molecule has 10 unspecified atom stereocenters. The van der Waals surface area contributed by atoms with Crippen molar-refractivity contribution in [3.8, 4) is 0 Å². The van der Waals surface area contributed by atoms with Gasteiger partial charge in [-0.2, -0.15) is 0 Å². The molecule has 5 rings (SSSR count). The molecule has 0 aromatic heterocycles. The molecule has 0 aromatic carbocycles. The highest BCUT2D eigenvalue weighted by atomic mass is 14.5. The molecular formula is C48H90. The van der Waals surface area contributed by atoms with Crippen molar-refractivity contribution >= 4 is 0 Å². The third kappa shape index (κ3) is 12.2. The van der Waals surface area contributed by atoms with Crippen LogP contribution in [0.4, 0.5) is 0 Å². The van der Waals surface area contributed by atoms with E-state index in [9.17, 15) is 0 Å². The topological polar surface area (TPSA) is 0 Å². The highest BCUT2D eigenvalue weighted by Crippen LogP contribution is 2.58. The van der Waals surface area contributed by atoms with E-state index in [1.54, 1.807) is 51.4 Å². The molecule has 0 radical (unpaired) electrons. The molecular weight excluding hydrogens is 577 g/mol. The van der Waals surface area contributed by atoms with Crippen molar-refractivity contribution in [1.29, 1.82) is 0 Å². The first-order chi connectivity index (χ1) is 23.6. The highest BCUT2D eigenvalue weighted by molar-refractivity contribution is 5.24. The highest BCUT2D eigenvalue weighted by Gasteiger charge is 2.49. The predicted molar refractivity (Wildman–Crippen MR) is 217 cm³/mol. The van der Waals surface area contributed by atoms with E-state index in [-0.39, 0.29) is 0 Å². The Morgan fingerprint density at radius 3 is 2.02 bits per heavy atom. The molecule has 4 saturated carbocycles. The second-order valence-electron chi connectivity index (χ2n) is 17.7. The summed E-state index contributed by atoms with van der Waals surface area (Å²) in [6, 6.07) is 0. The number of hydrogen-bond acceptors (Lipinski definition) is 0. The Hall–Kier alpha value is -0.260. The van der Waals surface area contributed by atoms with Crippen LogP contribution in [0.3, 0.4) is 0 Å². The fourth-order valence-corrected chi connectivity index (χ4v) is 12.5. The molecule has 0 aliphatic heterocycles. The van der Waals surface area contributed by atoms with Gasteiger partial charge in [0.2, 0.25) is 0 Å².